The summed E-state index contributed by atoms with van der Waals surface area (Å²) in [5.74, 6) is 1.48. The Labute approximate surface area is 209 Å². The molecule has 5 nitrogen and oxygen atoms in total. The monoisotopic (exact) mass is 631 g/mol. The summed E-state index contributed by atoms with van der Waals surface area (Å²) in [6.45, 7) is 5.43. The number of hydrogen-bond acceptors (Lipinski definition) is 5. The summed E-state index contributed by atoms with van der Waals surface area (Å²) in [4.78, 5) is 10.2. The van der Waals surface area contributed by atoms with Gasteiger partial charge in [0.15, 0.2) is 0 Å². The van der Waals surface area contributed by atoms with E-state index < -0.39 is 17.6 Å². The van der Waals surface area contributed by atoms with Crippen LogP contribution in [0.2, 0.25) is 0 Å². The van der Waals surface area contributed by atoms with Gasteiger partial charge in [0.05, 0.1) is 0 Å². The summed E-state index contributed by atoms with van der Waals surface area (Å²) in [6.07, 6.45) is 14.4. The normalized spacial score (nSPS) is 26.5. The van der Waals surface area contributed by atoms with Crippen molar-refractivity contribution in [2.75, 3.05) is 0 Å². The van der Waals surface area contributed by atoms with Crippen molar-refractivity contribution in [3.63, 3.8) is 0 Å². The van der Waals surface area contributed by atoms with Crippen molar-refractivity contribution in [2.45, 2.75) is 63.7 Å². The van der Waals surface area contributed by atoms with Crippen LogP contribution < -0.4 is 4.74 Å². The number of hydrogen-bond donors (Lipinski definition) is 0. The molecule has 2 atom stereocenters. The molecule has 2 unspecified atom stereocenters. The summed E-state index contributed by atoms with van der Waals surface area (Å²) in [6, 6.07) is 20.6. The Bertz CT molecular complexity index is 1290. The van der Waals surface area contributed by atoms with Gasteiger partial charge in [-0.1, -0.05) is 0 Å². The Balaban J connectivity index is 1.45. The van der Waals surface area contributed by atoms with E-state index in [1.54, 1.807) is 0 Å². The van der Waals surface area contributed by atoms with Crippen molar-refractivity contribution in [1.82, 2.24) is 19.6 Å². The van der Waals surface area contributed by atoms with E-state index in [4.69, 9.17) is 4.74 Å². The topological polar surface area (TPSA) is 22.2 Å². The van der Waals surface area contributed by atoms with E-state index in [1.807, 2.05) is 12.1 Å². The van der Waals surface area contributed by atoms with Crippen molar-refractivity contribution in [2.24, 2.45) is 0 Å². The molecule has 2 aromatic rings. The molecule has 6 bridgehead atoms. The van der Waals surface area contributed by atoms with Crippen molar-refractivity contribution in [1.29, 1.82) is 0 Å². The van der Waals surface area contributed by atoms with Gasteiger partial charge in [-0.3, -0.25) is 0 Å². The SMILES string of the molecule is CC1(C)c2[c-]c(ccc2)Oc2[c-]c(ccc2)CN2C=CN3[C]2=[Pt]=[C]2N(C=CN21)C1CCCCC13. The second-order valence-corrected chi connectivity index (χ2v) is 12.6. The molecule has 1 saturated carbocycles. The summed E-state index contributed by atoms with van der Waals surface area (Å²) in [7, 11) is 0. The molecule has 0 amide bonds. The molecular weight excluding hydrogens is 603 g/mol. The van der Waals surface area contributed by atoms with Crippen LogP contribution in [0.5, 0.6) is 11.5 Å². The molecule has 7 rings (SSSR count). The predicted molar refractivity (Wildman–Crippen MR) is 129 cm³/mol. The average molecular weight is 632 g/mol. The fraction of sp³-hybridized carbons (Fsp3) is 0.357. The molecule has 2 aromatic carbocycles. The van der Waals surface area contributed by atoms with E-state index >= 15 is 0 Å². The standard InChI is InChI=1S/C28H28N4O.Pt/c1-28(2)23-8-6-10-25(18-23)33-24-9-5-7-22(17-24)19-29-13-14-30(20-29)26-11-3-4-12-27(26)31-15-16-32(28)21-31;/h5-10,13-16,26-27H,3-4,11-12,19H2,1-2H3;/q-2;. The van der Waals surface area contributed by atoms with Crippen LogP contribution in [0, 0.1) is 12.1 Å². The minimum atomic E-state index is -0.429. The number of ether oxygens (including phenoxy) is 1. The first-order chi connectivity index (χ1) is 16.6. The van der Waals surface area contributed by atoms with E-state index in [1.165, 1.54) is 34.0 Å². The van der Waals surface area contributed by atoms with Gasteiger partial charge < -0.3 is 0 Å². The third-order valence-corrected chi connectivity index (χ3v) is 10.9. The van der Waals surface area contributed by atoms with Gasteiger partial charge in [0, 0.05) is 0 Å². The zero-order valence-electron chi connectivity index (χ0n) is 19.5. The Morgan fingerprint density at radius 2 is 1.56 bits per heavy atom. The second-order valence-electron chi connectivity index (χ2n) is 10.0. The van der Waals surface area contributed by atoms with Crippen molar-refractivity contribution in [3.05, 3.63) is 84.5 Å². The van der Waals surface area contributed by atoms with Crippen LogP contribution in [-0.2, 0) is 29.7 Å². The maximum atomic E-state index is 6.24. The summed E-state index contributed by atoms with van der Waals surface area (Å²) in [5.41, 5.74) is 2.03. The van der Waals surface area contributed by atoms with Gasteiger partial charge in [0.1, 0.15) is 0 Å². The Kier molecular flexibility index (Phi) is 4.67. The van der Waals surface area contributed by atoms with E-state index in [2.05, 4.69) is 94.6 Å². The van der Waals surface area contributed by atoms with Crippen LogP contribution in [0.15, 0.2) is 61.2 Å². The molecule has 0 aromatic heterocycles. The first-order valence-corrected chi connectivity index (χ1v) is 14.4. The van der Waals surface area contributed by atoms with E-state index in [-0.39, 0.29) is 5.54 Å². The molecule has 1 fully saturated rings. The molecular formula is C28H28N4OPt-2. The van der Waals surface area contributed by atoms with Gasteiger partial charge >= 0.3 is 210 Å². The quantitative estimate of drug-likeness (QED) is 0.396. The van der Waals surface area contributed by atoms with Crippen molar-refractivity contribution < 1.29 is 22.4 Å². The van der Waals surface area contributed by atoms with Crippen LogP contribution in [0.3, 0.4) is 0 Å². The molecule has 4 heterocycles. The molecule has 1 aliphatic carbocycles. The third kappa shape index (κ3) is 3.16. The summed E-state index contributed by atoms with van der Waals surface area (Å²) in [5, 5.41) is 0. The third-order valence-electron chi connectivity index (χ3n) is 7.55. The minimum absolute atomic E-state index is 0.244. The van der Waals surface area contributed by atoms with Crippen molar-refractivity contribution >= 4 is 8.29 Å². The van der Waals surface area contributed by atoms with Crippen LogP contribution in [0.4, 0.5) is 0 Å². The second kappa shape index (κ2) is 7.68. The first-order valence-electron chi connectivity index (χ1n) is 12.1. The maximum absolute atomic E-state index is 6.24. The molecule has 34 heavy (non-hydrogen) atoms. The molecule has 0 N–H and O–H groups in total. The number of rotatable bonds is 0. The summed E-state index contributed by atoms with van der Waals surface area (Å²) < 4.78 is 9.19. The summed E-state index contributed by atoms with van der Waals surface area (Å²) >= 11 is -0.429. The van der Waals surface area contributed by atoms with E-state index in [0.29, 0.717) is 12.1 Å². The van der Waals surface area contributed by atoms with E-state index in [9.17, 15) is 0 Å². The van der Waals surface area contributed by atoms with Gasteiger partial charge in [-0.05, 0) is 0 Å². The molecule has 0 spiro atoms. The zero-order valence-corrected chi connectivity index (χ0v) is 21.7. The fourth-order valence-electron chi connectivity index (χ4n) is 5.69. The van der Waals surface area contributed by atoms with Crippen LogP contribution in [0.1, 0.15) is 50.7 Å². The van der Waals surface area contributed by atoms with Gasteiger partial charge in [0.2, 0.25) is 0 Å². The van der Waals surface area contributed by atoms with Crippen LogP contribution >= 0.6 is 0 Å². The van der Waals surface area contributed by atoms with Crippen molar-refractivity contribution in [3.8, 4) is 11.5 Å². The van der Waals surface area contributed by atoms with Gasteiger partial charge in [0.25, 0.3) is 0 Å². The number of fused-ring (bicyclic) bond motifs is 7. The molecule has 178 valence electrons. The number of benzene rings is 2. The average Bonchev–Trinajstić information content (AvgIpc) is 3.41. The van der Waals surface area contributed by atoms with Gasteiger partial charge in [-0.15, -0.1) is 0 Å². The molecule has 6 heteroatoms. The van der Waals surface area contributed by atoms with Gasteiger partial charge in [-0.2, -0.15) is 0 Å². The predicted octanol–water partition coefficient (Wildman–Crippen LogP) is 4.59. The molecule has 0 saturated heterocycles. The van der Waals surface area contributed by atoms with Crippen LogP contribution in [0.25, 0.3) is 0 Å². The molecule has 4 aliphatic heterocycles. The van der Waals surface area contributed by atoms with Gasteiger partial charge in [-0.25, -0.2) is 0 Å². The Hall–Kier alpha value is -2.65. The fourth-order valence-corrected chi connectivity index (χ4v) is 9.58. The zero-order chi connectivity index (χ0) is 22.9. The Morgan fingerprint density at radius 1 is 0.853 bits per heavy atom. The van der Waals surface area contributed by atoms with E-state index in [0.717, 1.165) is 29.2 Å². The Morgan fingerprint density at radius 3 is 2.38 bits per heavy atom. The molecule has 5 aliphatic rings. The van der Waals surface area contributed by atoms with Crippen LogP contribution in [-0.4, -0.2) is 40.0 Å². The number of nitrogens with zero attached hydrogens (tertiary/aromatic N) is 4. The first kappa shape index (κ1) is 20.7. The molecule has 0 radical (unpaired) electrons.